The Hall–Kier alpha value is -2.82. The Morgan fingerprint density at radius 3 is 2.76 bits per heavy atom. The molecule has 0 aromatic carbocycles. The summed E-state index contributed by atoms with van der Waals surface area (Å²) in [4.78, 5) is 16.0. The number of hydrogen-bond donors (Lipinski definition) is 1. The summed E-state index contributed by atoms with van der Waals surface area (Å²) in [6.45, 7) is 2.20. The van der Waals surface area contributed by atoms with Crippen LogP contribution in [-0.4, -0.2) is 19.3 Å². The van der Waals surface area contributed by atoms with Crippen molar-refractivity contribution < 1.29 is 0 Å². The van der Waals surface area contributed by atoms with Crippen molar-refractivity contribution in [2.45, 2.75) is 25.2 Å². The Labute approximate surface area is 146 Å². The van der Waals surface area contributed by atoms with E-state index in [1.165, 1.54) is 5.56 Å². The van der Waals surface area contributed by atoms with Gasteiger partial charge in [-0.25, -0.2) is 0 Å². The van der Waals surface area contributed by atoms with Crippen LogP contribution in [-0.2, 0) is 19.5 Å². The Morgan fingerprint density at radius 2 is 2.12 bits per heavy atom. The van der Waals surface area contributed by atoms with Gasteiger partial charge in [-0.1, -0.05) is 31.2 Å². The van der Waals surface area contributed by atoms with Crippen molar-refractivity contribution in [3.8, 4) is 11.3 Å². The molecule has 0 aliphatic heterocycles. The Morgan fingerprint density at radius 1 is 1.28 bits per heavy atom. The monoisotopic (exact) mass is 334 g/mol. The lowest BCUT2D eigenvalue weighted by Crippen LogP contribution is -2.27. The number of pyridine rings is 1. The standard InChI is InChI=1S/C20H22N4O/c1-4-20(8-6-5-7-9-20)16-13-23(2)19(25)18-15(16)10-17(22-18)14-11-21-24(3)12-14/h5-8,10-13,22H,4,9H2,1-3H3. The van der Waals surface area contributed by atoms with E-state index in [1.807, 2.05) is 32.7 Å². The molecule has 1 unspecified atom stereocenters. The van der Waals surface area contributed by atoms with E-state index < -0.39 is 0 Å². The van der Waals surface area contributed by atoms with Crippen molar-refractivity contribution >= 4 is 10.9 Å². The Kier molecular flexibility index (Phi) is 3.53. The van der Waals surface area contributed by atoms with Gasteiger partial charge in [-0.05, 0) is 24.5 Å². The molecule has 128 valence electrons. The molecule has 5 nitrogen and oxygen atoms in total. The van der Waals surface area contributed by atoms with Crippen LogP contribution in [0, 0.1) is 0 Å². The molecular formula is C20H22N4O. The maximum atomic E-state index is 12.7. The van der Waals surface area contributed by atoms with Gasteiger partial charge < -0.3 is 9.55 Å². The third kappa shape index (κ3) is 2.38. The zero-order valence-corrected chi connectivity index (χ0v) is 14.8. The Balaban J connectivity index is 2.00. The second kappa shape index (κ2) is 5.62. The minimum absolute atomic E-state index is 0.00419. The molecule has 0 saturated carbocycles. The lowest BCUT2D eigenvalue weighted by Gasteiger charge is -2.31. The highest BCUT2D eigenvalue weighted by atomic mass is 16.1. The van der Waals surface area contributed by atoms with Crippen molar-refractivity contribution in [3.63, 3.8) is 0 Å². The fourth-order valence-electron chi connectivity index (χ4n) is 3.76. The summed E-state index contributed by atoms with van der Waals surface area (Å²) >= 11 is 0. The number of hydrogen-bond acceptors (Lipinski definition) is 2. The molecule has 0 amide bonds. The molecule has 0 radical (unpaired) electrons. The van der Waals surface area contributed by atoms with Crippen LogP contribution >= 0.6 is 0 Å². The first-order valence-electron chi connectivity index (χ1n) is 8.60. The van der Waals surface area contributed by atoms with Gasteiger partial charge >= 0.3 is 0 Å². The van der Waals surface area contributed by atoms with E-state index in [2.05, 4.69) is 47.4 Å². The molecule has 3 aromatic rings. The minimum atomic E-state index is -0.0765. The summed E-state index contributed by atoms with van der Waals surface area (Å²) < 4.78 is 3.45. The van der Waals surface area contributed by atoms with Gasteiger partial charge in [0, 0.05) is 48.5 Å². The quantitative estimate of drug-likeness (QED) is 0.798. The highest BCUT2D eigenvalue weighted by Crippen LogP contribution is 2.39. The minimum Gasteiger partial charge on any atom is -0.350 e. The van der Waals surface area contributed by atoms with Crippen LogP contribution < -0.4 is 5.56 Å². The molecule has 1 N–H and O–H groups in total. The molecule has 1 atom stereocenters. The number of rotatable bonds is 3. The van der Waals surface area contributed by atoms with Crippen LogP contribution in [0.1, 0.15) is 25.3 Å². The van der Waals surface area contributed by atoms with E-state index in [-0.39, 0.29) is 11.0 Å². The largest absolute Gasteiger partial charge is 0.350 e. The number of aromatic nitrogens is 4. The zero-order chi connectivity index (χ0) is 17.6. The fourth-order valence-corrected chi connectivity index (χ4v) is 3.76. The maximum absolute atomic E-state index is 12.7. The Bertz CT molecular complexity index is 1060. The smallest absolute Gasteiger partial charge is 0.274 e. The van der Waals surface area contributed by atoms with Gasteiger partial charge in [0.2, 0.25) is 0 Å². The molecule has 1 aliphatic carbocycles. The molecule has 3 heterocycles. The average Bonchev–Trinajstić information content (AvgIpc) is 3.25. The molecule has 4 rings (SSSR count). The molecular weight excluding hydrogens is 312 g/mol. The molecule has 5 heteroatoms. The summed E-state index contributed by atoms with van der Waals surface area (Å²) in [7, 11) is 3.71. The molecule has 0 bridgehead atoms. The number of nitrogens with zero attached hydrogens (tertiary/aromatic N) is 3. The number of allylic oxidation sites excluding steroid dienone is 4. The molecule has 0 saturated heterocycles. The third-order valence-electron chi connectivity index (χ3n) is 5.29. The first-order chi connectivity index (χ1) is 12.0. The first kappa shape index (κ1) is 15.7. The van der Waals surface area contributed by atoms with Crippen LogP contribution in [0.3, 0.4) is 0 Å². The number of fused-ring (bicyclic) bond motifs is 1. The van der Waals surface area contributed by atoms with E-state index in [1.54, 1.807) is 9.25 Å². The predicted octanol–water partition coefficient (Wildman–Crippen LogP) is 3.43. The first-order valence-corrected chi connectivity index (χ1v) is 8.60. The highest BCUT2D eigenvalue weighted by Gasteiger charge is 2.31. The van der Waals surface area contributed by atoms with Crippen molar-refractivity contribution in [1.82, 2.24) is 19.3 Å². The molecule has 25 heavy (non-hydrogen) atoms. The fraction of sp³-hybridized carbons (Fsp3) is 0.300. The normalized spacial score (nSPS) is 19.8. The zero-order valence-electron chi connectivity index (χ0n) is 14.8. The molecule has 0 spiro atoms. The van der Waals surface area contributed by atoms with Gasteiger partial charge in [0.25, 0.3) is 5.56 Å². The van der Waals surface area contributed by atoms with E-state index in [4.69, 9.17) is 0 Å². The van der Waals surface area contributed by atoms with E-state index >= 15 is 0 Å². The van der Waals surface area contributed by atoms with Gasteiger partial charge in [0.15, 0.2) is 0 Å². The van der Waals surface area contributed by atoms with Gasteiger partial charge in [0.05, 0.1) is 6.20 Å². The van der Waals surface area contributed by atoms with Crippen molar-refractivity contribution in [2.75, 3.05) is 0 Å². The molecule has 3 aromatic heterocycles. The summed E-state index contributed by atoms with van der Waals surface area (Å²) in [5.74, 6) is 0. The second-order valence-electron chi connectivity index (χ2n) is 6.83. The van der Waals surface area contributed by atoms with Crippen LogP contribution in [0.2, 0.25) is 0 Å². The van der Waals surface area contributed by atoms with Crippen molar-refractivity contribution in [2.24, 2.45) is 14.1 Å². The van der Waals surface area contributed by atoms with E-state index in [9.17, 15) is 4.79 Å². The summed E-state index contributed by atoms with van der Waals surface area (Å²) in [5.41, 5.74) is 3.68. The number of aryl methyl sites for hydroxylation is 2. The average molecular weight is 334 g/mol. The van der Waals surface area contributed by atoms with E-state index in [0.717, 1.165) is 29.5 Å². The highest BCUT2D eigenvalue weighted by molar-refractivity contribution is 5.89. The van der Waals surface area contributed by atoms with Crippen molar-refractivity contribution in [1.29, 1.82) is 0 Å². The van der Waals surface area contributed by atoms with Crippen LogP contribution in [0.15, 0.2) is 53.8 Å². The molecule has 0 fully saturated rings. The SMILES string of the molecule is CCC1(c2cn(C)c(=O)c3[nH]c(-c4cnn(C)c4)cc23)C=CC=CC1. The van der Waals surface area contributed by atoms with Gasteiger partial charge in [-0.3, -0.25) is 9.48 Å². The van der Waals surface area contributed by atoms with Crippen LogP contribution in [0.25, 0.3) is 22.2 Å². The van der Waals surface area contributed by atoms with Gasteiger partial charge in [-0.2, -0.15) is 5.10 Å². The predicted molar refractivity (Wildman–Crippen MR) is 101 cm³/mol. The van der Waals surface area contributed by atoms with E-state index in [0.29, 0.717) is 5.52 Å². The summed E-state index contributed by atoms with van der Waals surface area (Å²) in [5, 5.41) is 5.24. The van der Waals surface area contributed by atoms with Crippen LogP contribution in [0.5, 0.6) is 0 Å². The lowest BCUT2D eigenvalue weighted by molar-refractivity contribution is 0.517. The lowest BCUT2D eigenvalue weighted by atomic mass is 9.73. The maximum Gasteiger partial charge on any atom is 0.274 e. The van der Waals surface area contributed by atoms with Gasteiger partial charge in [0.1, 0.15) is 5.52 Å². The van der Waals surface area contributed by atoms with Crippen molar-refractivity contribution in [3.05, 3.63) is 64.9 Å². The molecule has 1 aliphatic rings. The second-order valence-corrected chi connectivity index (χ2v) is 6.83. The van der Waals surface area contributed by atoms with Crippen LogP contribution in [0.4, 0.5) is 0 Å². The van der Waals surface area contributed by atoms with Gasteiger partial charge in [-0.15, -0.1) is 0 Å². The number of H-pyrrole nitrogens is 1. The number of aromatic amines is 1. The summed E-state index contributed by atoms with van der Waals surface area (Å²) in [6.07, 6.45) is 16.4. The number of nitrogens with one attached hydrogen (secondary N) is 1. The third-order valence-corrected chi connectivity index (χ3v) is 5.29. The topological polar surface area (TPSA) is 55.6 Å². The summed E-state index contributed by atoms with van der Waals surface area (Å²) in [6, 6.07) is 2.09.